The fourth-order valence-electron chi connectivity index (χ4n) is 1.02. The minimum Gasteiger partial charge on any atom is -0.481 e. The highest BCUT2D eigenvalue weighted by Gasteiger charge is 2.22. The van der Waals surface area contributed by atoms with Crippen molar-refractivity contribution in [2.45, 2.75) is 31.7 Å². The van der Waals surface area contributed by atoms with Crippen LogP contribution in [0.15, 0.2) is 0 Å². The second-order valence-corrected chi connectivity index (χ2v) is 3.25. The second-order valence-electron chi connectivity index (χ2n) is 3.25. The van der Waals surface area contributed by atoms with Crippen LogP contribution in [0.1, 0.15) is 26.2 Å². The van der Waals surface area contributed by atoms with Gasteiger partial charge in [-0.2, -0.15) is 5.26 Å². The fourth-order valence-corrected chi connectivity index (χ4v) is 1.02. The van der Waals surface area contributed by atoms with E-state index >= 15 is 0 Å². The largest absolute Gasteiger partial charge is 0.481 e. The molecule has 0 aliphatic heterocycles. The number of rotatable bonds is 6. The highest BCUT2D eigenvalue weighted by molar-refractivity contribution is 5.66. The Kier molecular flexibility index (Phi) is 5.36. The zero-order valence-electron chi connectivity index (χ0n) is 8.21. The number of nitrogens with zero attached hydrogens (tertiary/aromatic N) is 1. The van der Waals surface area contributed by atoms with Crippen molar-refractivity contribution in [2.24, 2.45) is 0 Å². The zero-order chi connectivity index (χ0) is 11.0. The molecule has 2 N–H and O–H groups in total. The lowest BCUT2D eigenvalue weighted by Crippen LogP contribution is -2.41. The summed E-state index contributed by atoms with van der Waals surface area (Å²) in [7, 11) is 0. The van der Waals surface area contributed by atoms with Crippen molar-refractivity contribution in [3.63, 3.8) is 0 Å². The Hall–Kier alpha value is -1.52. The van der Waals surface area contributed by atoms with Gasteiger partial charge in [0.15, 0.2) is 0 Å². The van der Waals surface area contributed by atoms with Gasteiger partial charge in [-0.1, -0.05) is 5.92 Å². The van der Waals surface area contributed by atoms with Crippen molar-refractivity contribution in [3.8, 4) is 18.4 Å². The van der Waals surface area contributed by atoms with E-state index in [2.05, 4.69) is 17.3 Å². The summed E-state index contributed by atoms with van der Waals surface area (Å²) in [5, 5.41) is 20.2. The van der Waals surface area contributed by atoms with Gasteiger partial charge in [0.2, 0.25) is 0 Å². The Bertz CT molecular complexity index is 275. The molecule has 4 heteroatoms. The first-order chi connectivity index (χ1) is 6.54. The average Bonchev–Trinajstić information content (AvgIpc) is 2.14. The lowest BCUT2D eigenvalue weighted by molar-refractivity contribution is -0.137. The number of aliphatic carboxylic acids is 1. The predicted molar refractivity (Wildman–Crippen MR) is 52.3 cm³/mol. The zero-order valence-corrected chi connectivity index (χ0v) is 8.21. The Morgan fingerprint density at radius 1 is 1.71 bits per heavy atom. The van der Waals surface area contributed by atoms with Gasteiger partial charge < -0.3 is 5.11 Å². The molecule has 0 radical (unpaired) electrons. The lowest BCUT2D eigenvalue weighted by Gasteiger charge is -2.21. The maximum Gasteiger partial charge on any atom is 0.303 e. The standard InChI is InChI=1S/C10H14N2O2/c1-3-7-12-10(2,8-11)6-4-5-9(13)14/h1,12H,4-7H2,2H3,(H,13,14). The van der Waals surface area contributed by atoms with Crippen molar-refractivity contribution in [2.75, 3.05) is 6.54 Å². The van der Waals surface area contributed by atoms with Crippen LogP contribution in [0.5, 0.6) is 0 Å². The van der Waals surface area contributed by atoms with Crippen LogP contribution in [0, 0.1) is 23.7 Å². The van der Waals surface area contributed by atoms with E-state index < -0.39 is 11.5 Å². The molecule has 1 atom stereocenters. The molecule has 0 aliphatic rings. The van der Waals surface area contributed by atoms with Gasteiger partial charge in [0.25, 0.3) is 0 Å². The highest BCUT2D eigenvalue weighted by Crippen LogP contribution is 2.12. The molecule has 0 fully saturated rings. The summed E-state index contributed by atoms with van der Waals surface area (Å²) >= 11 is 0. The number of carboxylic acid groups (broad SMARTS) is 1. The first-order valence-electron chi connectivity index (χ1n) is 4.35. The Morgan fingerprint density at radius 3 is 2.79 bits per heavy atom. The highest BCUT2D eigenvalue weighted by atomic mass is 16.4. The van der Waals surface area contributed by atoms with Crippen LogP contribution in [-0.2, 0) is 4.79 Å². The molecule has 0 saturated heterocycles. The number of hydrogen-bond acceptors (Lipinski definition) is 3. The summed E-state index contributed by atoms with van der Waals surface area (Å²) in [6, 6.07) is 2.09. The normalized spacial score (nSPS) is 13.6. The third-order valence-electron chi connectivity index (χ3n) is 1.89. The molecule has 0 spiro atoms. The maximum absolute atomic E-state index is 10.3. The van der Waals surface area contributed by atoms with Crippen molar-refractivity contribution < 1.29 is 9.90 Å². The second kappa shape index (κ2) is 6.01. The maximum atomic E-state index is 10.3. The van der Waals surface area contributed by atoms with E-state index in [-0.39, 0.29) is 6.42 Å². The molecule has 0 saturated carbocycles. The van der Waals surface area contributed by atoms with Gasteiger partial charge in [0, 0.05) is 6.42 Å². The van der Waals surface area contributed by atoms with Crippen LogP contribution in [0.2, 0.25) is 0 Å². The topological polar surface area (TPSA) is 73.1 Å². The van der Waals surface area contributed by atoms with Gasteiger partial charge in [0.05, 0.1) is 12.6 Å². The molecular weight excluding hydrogens is 180 g/mol. The Labute approximate surface area is 83.9 Å². The molecule has 4 nitrogen and oxygen atoms in total. The smallest absolute Gasteiger partial charge is 0.303 e. The minimum absolute atomic E-state index is 0.0784. The first kappa shape index (κ1) is 12.5. The third-order valence-corrected chi connectivity index (χ3v) is 1.89. The van der Waals surface area contributed by atoms with E-state index in [9.17, 15) is 4.79 Å². The Morgan fingerprint density at radius 2 is 2.36 bits per heavy atom. The van der Waals surface area contributed by atoms with Crippen molar-refractivity contribution in [3.05, 3.63) is 0 Å². The molecule has 0 aromatic rings. The first-order valence-corrected chi connectivity index (χ1v) is 4.35. The van der Waals surface area contributed by atoms with Gasteiger partial charge in [0.1, 0.15) is 5.54 Å². The van der Waals surface area contributed by atoms with E-state index in [0.717, 1.165) is 0 Å². The molecule has 0 heterocycles. The molecule has 0 aromatic heterocycles. The fraction of sp³-hybridized carbons (Fsp3) is 0.600. The molecule has 0 aromatic carbocycles. The number of terminal acetylenes is 1. The summed E-state index contributed by atoms with van der Waals surface area (Å²) in [4.78, 5) is 10.3. The number of nitrogens with one attached hydrogen (secondary N) is 1. The summed E-state index contributed by atoms with van der Waals surface area (Å²) < 4.78 is 0. The van der Waals surface area contributed by atoms with Gasteiger partial charge >= 0.3 is 5.97 Å². The van der Waals surface area contributed by atoms with Gasteiger partial charge in [-0.25, -0.2) is 0 Å². The summed E-state index contributed by atoms with van der Waals surface area (Å²) in [5.41, 5.74) is -0.720. The van der Waals surface area contributed by atoms with Crippen molar-refractivity contribution >= 4 is 5.97 Å². The van der Waals surface area contributed by atoms with E-state index in [1.807, 2.05) is 0 Å². The van der Waals surface area contributed by atoms with Crippen LogP contribution >= 0.6 is 0 Å². The summed E-state index contributed by atoms with van der Waals surface area (Å²) in [6.45, 7) is 2.03. The molecular formula is C10H14N2O2. The Balaban J connectivity index is 3.95. The average molecular weight is 194 g/mol. The SMILES string of the molecule is C#CCNC(C)(C#N)CCCC(=O)O. The number of carboxylic acids is 1. The van der Waals surface area contributed by atoms with Crippen LogP contribution < -0.4 is 5.32 Å². The monoisotopic (exact) mass is 194 g/mol. The van der Waals surface area contributed by atoms with Crippen LogP contribution in [-0.4, -0.2) is 23.2 Å². The van der Waals surface area contributed by atoms with Crippen molar-refractivity contribution in [1.29, 1.82) is 5.26 Å². The number of nitriles is 1. The number of hydrogen-bond donors (Lipinski definition) is 2. The lowest BCUT2D eigenvalue weighted by atomic mass is 9.96. The van der Waals surface area contributed by atoms with E-state index in [4.69, 9.17) is 16.8 Å². The minimum atomic E-state index is -0.845. The van der Waals surface area contributed by atoms with Crippen molar-refractivity contribution in [1.82, 2.24) is 5.32 Å². The quantitative estimate of drug-likeness (QED) is 0.612. The van der Waals surface area contributed by atoms with Crippen LogP contribution in [0.3, 0.4) is 0 Å². The third kappa shape index (κ3) is 5.18. The molecule has 0 amide bonds. The van der Waals surface area contributed by atoms with Gasteiger partial charge in [-0.05, 0) is 19.8 Å². The molecule has 14 heavy (non-hydrogen) atoms. The molecule has 0 bridgehead atoms. The molecule has 0 aliphatic carbocycles. The van der Waals surface area contributed by atoms with Crippen LogP contribution in [0.4, 0.5) is 0 Å². The molecule has 1 unspecified atom stereocenters. The predicted octanol–water partition coefficient (Wildman–Crippen LogP) is 0.746. The van der Waals surface area contributed by atoms with E-state index in [1.54, 1.807) is 6.92 Å². The van der Waals surface area contributed by atoms with Gasteiger partial charge in [-0.3, -0.25) is 10.1 Å². The molecule has 76 valence electrons. The van der Waals surface area contributed by atoms with E-state index in [1.165, 1.54) is 0 Å². The number of carbonyl (C=O) groups is 1. The van der Waals surface area contributed by atoms with Gasteiger partial charge in [-0.15, -0.1) is 6.42 Å². The van der Waals surface area contributed by atoms with E-state index in [0.29, 0.717) is 19.4 Å². The molecule has 0 rings (SSSR count). The summed E-state index contributed by atoms with van der Waals surface area (Å²) in [5.74, 6) is 1.53. The van der Waals surface area contributed by atoms with Crippen LogP contribution in [0.25, 0.3) is 0 Å². The summed E-state index contributed by atoms with van der Waals surface area (Å²) in [6.07, 6.45) is 6.08.